The number of hydrogen-bond acceptors (Lipinski definition) is 14. The number of fused-ring (bicyclic) bond motifs is 1. The molecule has 0 aliphatic carbocycles. The Morgan fingerprint density at radius 1 is 0.712 bits per heavy atom. The summed E-state index contributed by atoms with van der Waals surface area (Å²) in [5.41, 5.74) is -0.305. The van der Waals surface area contributed by atoms with E-state index in [1.165, 1.54) is 79.0 Å². The van der Waals surface area contributed by atoms with Gasteiger partial charge in [0.05, 0.1) is 47.9 Å². The predicted octanol–water partition coefficient (Wildman–Crippen LogP) is 1.88. The van der Waals surface area contributed by atoms with Gasteiger partial charge in [-0.15, -0.1) is 23.5 Å². The van der Waals surface area contributed by atoms with Crippen molar-refractivity contribution in [3.8, 4) is 0 Å². The number of carbonyl (C=O) groups is 8. The lowest BCUT2D eigenvalue weighted by Crippen LogP contribution is -2.63. The number of carbonyl (C=O) groups excluding carboxylic acids is 4. The van der Waals surface area contributed by atoms with Crippen molar-refractivity contribution < 1.29 is 69.0 Å². The summed E-state index contributed by atoms with van der Waals surface area (Å²) in [6.07, 6.45) is -2.02. The lowest BCUT2D eigenvalue weighted by Gasteiger charge is -2.46. The maximum Gasteiger partial charge on any atom is 0.353 e. The van der Waals surface area contributed by atoms with Crippen molar-refractivity contribution >= 4 is 82.4 Å². The number of aliphatic carboxylic acids is 3. The zero-order valence-electron chi connectivity index (χ0n) is 36.0. The number of aromatic carboxylic acids is 1. The second kappa shape index (κ2) is 19.2. The van der Waals surface area contributed by atoms with E-state index in [1.54, 1.807) is 6.92 Å². The van der Waals surface area contributed by atoms with Crippen LogP contribution in [0.1, 0.15) is 61.3 Å². The molecule has 0 aromatic heterocycles. The largest absolute Gasteiger partial charge is 0.481 e. The summed E-state index contributed by atoms with van der Waals surface area (Å²) >= 11 is 2.35. The molecule has 2 aromatic carbocycles. The fraction of sp³-hybridized carbons (Fsp3) is 0.455. The van der Waals surface area contributed by atoms with Gasteiger partial charge < -0.3 is 56.8 Å². The molecule has 4 amide bonds. The second-order valence-electron chi connectivity index (χ2n) is 17.2. The molecule has 7 rings (SSSR count). The van der Waals surface area contributed by atoms with Gasteiger partial charge in [-0.25, -0.2) is 14.4 Å². The van der Waals surface area contributed by atoms with Crippen LogP contribution in [0.2, 0.25) is 0 Å². The molecule has 3 saturated heterocycles. The summed E-state index contributed by atoms with van der Waals surface area (Å²) < 4.78 is 0. The summed E-state index contributed by atoms with van der Waals surface area (Å²) in [5.74, 6) is -11.4. The number of carboxylic acid groups (broad SMARTS) is 4. The Bertz CT molecular complexity index is 2440. The number of carboxylic acids is 4. The zero-order chi connectivity index (χ0) is 48.0. The third-order valence-electron chi connectivity index (χ3n) is 12.8. The van der Waals surface area contributed by atoms with Crippen LogP contribution < -0.4 is 21.3 Å². The van der Waals surface area contributed by atoms with Gasteiger partial charge in [-0.05, 0) is 63.1 Å². The Hall–Kier alpha value is -5.78. The molecule has 5 aliphatic rings. The van der Waals surface area contributed by atoms with Gasteiger partial charge in [0.2, 0.25) is 17.7 Å². The van der Waals surface area contributed by atoms with Crippen LogP contribution in [0.5, 0.6) is 0 Å². The maximum atomic E-state index is 14.6. The standard InChI is InChI=1S/C44H50N6O14S2/c1-17-31-29(19(3)51)40(56)50(31)34(44(63)64)35(17)65-25-13-27(45-15-25)37(53)47-23-9-5-7-21(11-23)39(55)49-32(30(20(4)52)42(59)60)18(2)36(33(49)43(61)62)66-26-14-28(46-16-26)38(54)48-24-10-6-8-22(12-24)41(57)58/h5-12,17-20,25-32,45-46,51-52H,13-16H2,1-4H3,(H,47,53)(H,48,54)(H,57,58)(H,59,60)(H,61,62)(H,63,64)/t17-,18-,19-,20-,25+,26+,27+,28+,29-,30?,31-,32-/m1/s1. The third-order valence-corrected chi connectivity index (χ3v) is 15.8. The molecule has 2 aromatic rings. The second-order valence-corrected chi connectivity index (χ2v) is 19.9. The molecule has 352 valence electrons. The minimum atomic E-state index is -1.64. The molecule has 12 atom stereocenters. The van der Waals surface area contributed by atoms with Gasteiger partial charge in [0, 0.05) is 62.2 Å². The summed E-state index contributed by atoms with van der Waals surface area (Å²) in [5, 5.41) is 72.4. The van der Waals surface area contributed by atoms with Gasteiger partial charge in [-0.1, -0.05) is 26.0 Å². The van der Waals surface area contributed by atoms with Gasteiger partial charge in [-0.2, -0.15) is 0 Å². The molecule has 0 saturated carbocycles. The highest BCUT2D eigenvalue weighted by molar-refractivity contribution is 8.04. The minimum Gasteiger partial charge on any atom is -0.481 e. The predicted molar refractivity (Wildman–Crippen MR) is 239 cm³/mol. The number of hydrogen-bond donors (Lipinski definition) is 10. The van der Waals surface area contributed by atoms with Crippen LogP contribution in [-0.2, 0) is 28.8 Å². The molecule has 5 aliphatic heterocycles. The molecule has 66 heavy (non-hydrogen) atoms. The lowest BCUT2D eigenvalue weighted by atomic mass is 9.79. The summed E-state index contributed by atoms with van der Waals surface area (Å²) in [4.78, 5) is 107. The number of benzene rings is 2. The normalized spacial score (nSPS) is 28.4. The molecule has 10 N–H and O–H groups in total. The van der Waals surface area contributed by atoms with E-state index in [9.17, 15) is 69.0 Å². The van der Waals surface area contributed by atoms with E-state index >= 15 is 0 Å². The van der Waals surface area contributed by atoms with Crippen molar-refractivity contribution in [2.75, 3.05) is 23.7 Å². The van der Waals surface area contributed by atoms with Crippen molar-refractivity contribution in [1.29, 1.82) is 0 Å². The Morgan fingerprint density at radius 3 is 1.68 bits per heavy atom. The molecule has 0 spiro atoms. The molecular formula is C44H50N6O14S2. The quantitative estimate of drug-likeness (QED) is 0.107. The lowest BCUT2D eigenvalue weighted by molar-refractivity contribution is -0.163. The van der Waals surface area contributed by atoms with E-state index in [1.807, 2.05) is 6.92 Å². The Morgan fingerprint density at radius 2 is 1.21 bits per heavy atom. The van der Waals surface area contributed by atoms with Gasteiger partial charge in [0.15, 0.2) is 0 Å². The van der Waals surface area contributed by atoms with Gasteiger partial charge in [0.1, 0.15) is 17.3 Å². The number of β-lactam (4-membered cyclic amide) rings is 1. The monoisotopic (exact) mass is 950 g/mol. The first-order valence-electron chi connectivity index (χ1n) is 21.3. The molecule has 20 nitrogen and oxygen atoms in total. The smallest absolute Gasteiger partial charge is 0.353 e. The molecule has 3 fully saturated rings. The van der Waals surface area contributed by atoms with E-state index in [0.29, 0.717) is 11.4 Å². The first-order chi connectivity index (χ1) is 31.2. The first kappa shape index (κ1) is 48.2. The van der Waals surface area contributed by atoms with Crippen LogP contribution in [0.15, 0.2) is 69.7 Å². The number of nitrogens with one attached hydrogen (secondary N) is 4. The van der Waals surface area contributed by atoms with Crippen LogP contribution in [0.4, 0.5) is 11.4 Å². The number of aliphatic hydroxyl groups excluding tert-OH is 2. The highest BCUT2D eigenvalue weighted by Crippen LogP contribution is 2.52. The van der Waals surface area contributed by atoms with Crippen molar-refractivity contribution in [2.45, 2.75) is 87.4 Å². The number of nitrogens with zero attached hydrogens (tertiary/aromatic N) is 2. The number of rotatable bonds is 16. The highest BCUT2D eigenvalue weighted by Gasteiger charge is 2.60. The topological polar surface area (TPSA) is 313 Å². The third kappa shape index (κ3) is 9.16. The Labute approximate surface area is 386 Å². The van der Waals surface area contributed by atoms with Crippen molar-refractivity contribution in [2.24, 2.45) is 23.7 Å². The number of anilines is 2. The molecule has 0 radical (unpaired) electrons. The average molecular weight is 951 g/mol. The van der Waals surface area contributed by atoms with Crippen LogP contribution in [0.25, 0.3) is 0 Å². The molecule has 1 unspecified atom stereocenters. The molecule has 5 heterocycles. The first-order valence-corrected chi connectivity index (χ1v) is 23.0. The van der Waals surface area contributed by atoms with Crippen molar-refractivity contribution in [3.63, 3.8) is 0 Å². The summed E-state index contributed by atoms with van der Waals surface area (Å²) in [6, 6.07) is 8.01. The van der Waals surface area contributed by atoms with E-state index in [0.717, 1.165) is 16.7 Å². The fourth-order valence-electron chi connectivity index (χ4n) is 9.66. The molecule has 0 bridgehead atoms. The van der Waals surface area contributed by atoms with Gasteiger partial charge in [0.25, 0.3) is 5.91 Å². The van der Waals surface area contributed by atoms with Gasteiger partial charge >= 0.3 is 23.9 Å². The summed E-state index contributed by atoms with van der Waals surface area (Å²) in [6.45, 7) is 6.66. The van der Waals surface area contributed by atoms with Crippen molar-refractivity contribution in [1.82, 2.24) is 20.4 Å². The van der Waals surface area contributed by atoms with Gasteiger partial charge in [-0.3, -0.25) is 28.9 Å². The molecular weight excluding hydrogens is 901 g/mol. The Balaban J connectivity index is 1.07. The SMILES string of the molecule is C[C@@H](O)C(C(=O)O)[C@H]1[C@@H](C)C(S[C@@H]2CN[C@H](C(=O)Nc3cccc(C(=O)O)c3)C2)=C(C(=O)O)N1C(=O)c1cccc(NC(=O)[C@@H]2C[C@H](SC3=C(C(=O)O)N4C(=O)[C@H]([C@@H](C)O)[C@H]4[C@H]3C)CN2)c1. The van der Waals surface area contributed by atoms with Crippen LogP contribution in [0, 0.1) is 23.7 Å². The fourth-order valence-corrected chi connectivity index (χ4v) is 12.6. The zero-order valence-corrected chi connectivity index (χ0v) is 37.7. The van der Waals surface area contributed by atoms with E-state index < -0.39 is 113 Å². The average Bonchev–Trinajstić information content (AvgIpc) is 4.03. The van der Waals surface area contributed by atoms with E-state index in [-0.39, 0.29) is 63.7 Å². The highest BCUT2D eigenvalue weighted by atomic mass is 32.2. The Kier molecular flexibility index (Phi) is 14.0. The van der Waals surface area contributed by atoms with E-state index in [4.69, 9.17) is 0 Å². The maximum absolute atomic E-state index is 14.6. The number of aliphatic hydroxyl groups is 2. The number of thioether (sulfide) groups is 2. The number of amides is 4. The van der Waals surface area contributed by atoms with E-state index in [2.05, 4.69) is 21.3 Å². The minimum absolute atomic E-state index is 0.0244. The molecule has 22 heteroatoms. The van der Waals surface area contributed by atoms with Crippen LogP contribution >= 0.6 is 23.5 Å². The van der Waals surface area contributed by atoms with Crippen LogP contribution in [-0.4, -0.2) is 148 Å². The summed E-state index contributed by atoms with van der Waals surface area (Å²) in [7, 11) is 0. The van der Waals surface area contributed by atoms with Crippen molar-refractivity contribution in [3.05, 3.63) is 80.9 Å². The van der Waals surface area contributed by atoms with Crippen LogP contribution in [0.3, 0.4) is 0 Å².